The van der Waals surface area contributed by atoms with Crippen LogP contribution in [0.15, 0.2) is 18.2 Å². The molecule has 1 aromatic carbocycles. The van der Waals surface area contributed by atoms with Crippen LogP contribution in [0.2, 0.25) is 0 Å². The van der Waals surface area contributed by atoms with Crippen molar-refractivity contribution in [2.45, 2.75) is 92.0 Å². The highest BCUT2D eigenvalue weighted by Crippen LogP contribution is 2.27. The van der Waals surface area contributed by atoms with E-state index < -0.39 is 23.8 Å². The van der Waals surface area contributed by atoms with Crippen molar-refractivity contribution in [2.75, 3.05) is 7.05 Å². The molecule has 0 aromatic heterocycles. The second-order valence-electron chi connectivity index (χ2n) is 9.22. The molecule has 0 heterocycles. The van der Waals surface area contributed by atoms with Crippen LogP contribution in [-0.2, 0) is 14.3 Å². The number of hydrogen-bond donors (Lipinski definition) is 2. The van der Waals surface area contributed by atoms with Gasteiger partial charge in [0.15, 0.2) is 0 Å². The monoisotopic (exact) mass is 433 g/mol. The maximum atomic E-state index is 13.3. The second kappa shape index (κ2) is 11.2. The molecule has 0 spiro atoms. The Morgan fingerprint density at radius 1 is 1.06 bits per heavy atom. The molecule has 174 valence electrons. The molecule has 0 radical (unpaired) electrons. The summed E-state index contributed by atoms with van der Waals surface area (Å²) >= 11 is 0. The van der Waals surface area contributed by atoms with Gasteiger partial charge in [-0.05, 0) is 71.6 Å². The Morgan fingerprint density at radius 2 is 1.61 bits per heavy atom. The highest BCUT2D eigenvalue weighted by Gasteiger charge is 2.34. The van der Waals surface area contributed by atoms with Crippen LogP contribution in [0.1, 0.15) is 77.1 Å². The first kappa shape index (κ1) is 26.5. The predicted octanol–water partition coefficient (Wildman–Crippen LogP) is 4.02. The Bertz CT molecular complexity index is 765. The van der Waals surface area contributed by atoms with Gasteiger partial charge in [0.2, 0.25) is 11.8 Å². The molecule has 3 unspecified atom stereocenters. The van der Waals surface area contributed by atoms with Crippen LogP contribution >= 0.6 is 0 Å². The normalized spacial score (nSPS) is 14.2. The lowest BCUT2D eigenvalue weighted by Crippen LogP contribution is -2.51. The van der Waals surface area contributed by atoms with E-state index in [1.165, 1.54) is 4.90 Å². The number of carbonyl (C=O) groups excluding carboxylic acids is 3. The number of alkyl carbamates (subject to hydrolysis) is 1. The standard InChI is InChI=1S/C24H39N3O4/c1-10-12-17(4)25-21(28)20(19-15(2)13-11-14-16(19)3)27(9)22(29)18(5)26-23(30)31-24(6,7)8/h11,13-14,17-18,20H,10,12H2,1-9H3,(H,25,28)(H,26,30). The van der Waals surface area contributed by atoms with E-state index in [2.05, 4.69) is 17.6 Å². The van der Waals surface area contributed by atoms with Crippen LogP contribution < -0.4 is 10.6 Å². The third-order valence-electron chi connectivity index (χ3n) is 5.01. The summed E-state index contributed by atoms with van der Waals surface area (Å²) in [6.07, 6.45) is 1.12. The minimum absolute atomic E-state index is 0.00913. The Labute approximate surface area is 186 Å². The number of carbonyl (C=O) groups is 3. The van der Waals surface area contributed by atoms with Gasteiger partial charge in [0.05, 0.1) is 0 Å². The summed E-state index contributed by atoms with van der Waals surface area (Å²) in [6, 6.07) is 4.11. The molecular formula is C24H39N3O4. The number of nitrogens with zero attached hydrogens (tertiary/aromatic N) is 1. The van der Waals surface area contributed by atoms with Crippen molar-refractivity contribution in [3.8, 4) is 0 Å². The maximum Gasteiger partial charge on any atom is 0.408 e. The summed E-state index contributed by atoms with van der Waals surface area (Å²) in [5.74, 6) is -0.615. The molecule has 0 aliphatic carbocycles. The van der Waals surface area contributed by atoms with Gasteiger partial charge in [-0.3, -0.25) is 9.59 Å². The van der Waals surface area contributed by atoms with Gasteiger partial charge in [-0.1, -0.05) is 31.5 Å². The van der Waals surface area contributed by atoms with Gasteiger partial charge in [0.25, 0.3) is 0 Å². The number of aryl methyl sites for hydroxylation is 2. The molecule has 0 aliphatic heterocycles. The SMILES string of the molecule is CCCC(C)NC(=O)C(c1c(C)cccc1C)N(C)C(=O)C(C)NC(=O)OC(C)(C)C. The summed E-state index contributed by atoms with van der Waals surface area (Å²) in [4.78, 5) is 40.0. The number of rotatable bonds is 8. The molecule has 7 heteroatoms. The number of nitrogens with one attached hydrogen (secondary N) is 2. The lowest BCUT2D eigenvalue weighted by Gasteiger charge is -2.33. The van der Waals surface area contributed by atoms with Crippen molar-refractivity contribution in [3.63, 3.8) is 0 Å². The number of hydrogen-bond acceptors (Lipinski definition) is 4. The maximum absolute atomic E-state index is 13.3. The van der Waals surface area contributed by atoms with Crippen LogP contribution in [0.3, 0.4) is 0 Å². The summed E-state index contributed by atoms with van der Waals surface area (Å²) in [6.45, 7) is 14.7. The fourth-order valence-corrected chi connectivity index (χ4v) is 3.57. The van der Waals surface area contributed by atoms with E-state index >= 15 is 0 Å². The summed E-state index contributed by atoms with van der Waals surface area (Å²) in [5, 5.41) is 5.60. The lowest BCUT2D eigenvalue weighted by molar-refractivity contribution is -0.140. The largest absolute Gasteiger partial charge is 0.444 e. The third kappa shape index (κ3) is 7.89. The number of ether oxygens (including phenoxy) is 1. The molecule has 2 N–H and O–H groups in total. The van der Waals surface area contributed by atoms with Crippen molar-refractivity contribution in [2.24, 2.45) is 0 Å². The zero-order valence-electron chi connectivity index (χ0n) is 20.5. The minimum Gasteiger partial charge on any atom is -0.444 e. The quantitative estimate of drug-likeness (QED) is 0.648. The third-order valence-corrected chi connectivity index (χ3v) is 5.01. The topological polar surface area (TPSA) is 87.7 Å². The molecule has 3 amide bonds. The van der Waals surface area contributed by atoms with Gasteiger partial charge < -0.3 is 20.3 Å². The van der Waals surface area contributed by atoms with Crippen LogP contribution in [0.5, 0.6) is 0 Å². The van der Waals surface area contributed by atoms with Gasteiger partial charge in [0.1, 0.15) is 17.7 Å². The second-order valence-corrected chi connectivity index (χ2v) is 9.22. The molecule has 7 nitrogen and oxygen atoms in total. The van der Waals surface area contributed by atoms with E-state index in [1.807, 2.05) is 39.0 Å². The summed E-state index contributed by atoms with van der Waals surface area (Å²) in [5.41, 5.74) is 1.98. The van der Waals surface area contributed by atoms with Crippen LogP contribution in [0.25, 0.3) is 0 Å². The Kier molecular flexibility index (Phi) is 9.53. The van der Waals surface area contributed by atoms with E-state index in [4.69, 9.17) is 4.74 Å². The van der Waals surface area contributed by atoms with E-state index in [-0.39, 0.29) is 17.9 Å². The van der Waals surface area contributed by atoms with E-state index in [1.54, 1.807) is 34.7 Å². The van der Waals surface area contributed by atoms with Gasteiger partial charge >= 0.3 is 6.09 Å². The molecule has 0 bridgehead atoms. The number of benzene rings is 1. The average molecular weight is 434 g/mol. The number of amides is 3. The molecule has 1 rings (SSSR count). The fourth-order valence-electron chi connectivity index (χ4n) is 3.57. The molecule has 0 aliphatic rings. The smallest absolute Gasteiger partial charge is 0.408 e. The Morgan fingerprint density at radius 3 is 2.10 bits per heavy atom. The Balaban J connectivity index is 3.18. The first-order chi connectivity index (χ1) is 14.3. The summed E-state index contributed by atoms with van der Waals surface area (Å²) < 4.78 is 5.25. The van der Waals surface area contributed by atoms with Crippen molar-refractivity contribution in [1.82, 2.24) is 15.5 Å². The van der Waals surface area contributed by atoms with E-state index in [0.29, 0.717) is 0 Å². The highest BCUT2D eigenvalue weighted by atomic mass is 16.6. The van der Waals surface area contributed by atoms with Crippen molar-refractivity contribution in [1.29, 1.82) is 0 Å². The van der Waals surface area contributed by atoms with Crippen molar-refractivity contribution in [3.05, 3.63) is 34.9 Å². The predicted molar refractivity (Wildman–Crippen MR) is 123 cm³/mol. The molecule has 0 fully saturated rings. The summed E-state index contributed by atoms with van der Waals surface area (Å²) in [7, 11) is 1.59. The van der Waals surface area contributed by atoms with Gasteiger partial charge in [-0.15, -0.1) is 0 Å². The van der Waals surface area contributed by atoms with Crippen LogP contribution in [0, 0.1) is 13.8 Å². The molecule has 1 aromatic rings. The first-order valence-corrected chi connectivity index (χ1v) is 10.9. The van der Waals surface area contributed by atoms with Gasteiger partial charge in [0, 0.05) is 13.1 Å². The lowest BCUT2D eigenvalue weighted by atomic mass is 9.94. The molecule has 0 saturated heterocycles. The zero-order valence-corrected chi connectivity index (χ0v) is 20.5. The fraction of sp³-hybridized carbons (Fsp3) is 0.625. The highest BCUT2D eigenvalue weighted by molar-refractivity contribution is 5.92. The van der Waals surface area contributed by atoms with Crippen molar-refractivity contribution >= 4 is 17.9 Å². The molecule has 0 saturated carbocycles. The van der Waals surface area contributed by atoms with Crippen LogP contribution in [-0.4, -0.2) is 47.5 Å². The van der Waals surface area contributed by atoms with Crippen molar-refractivity contribution < 1.29 is 19.1 Å². The van der Waals surface area contributed by atoms with E-state index in [9.17, 15) is 14.4 Å². The van der Waals surface area contributed by atoms with Gasteiger partial charge in [-0.2, -0.15) is 0 Å². The van der Waals surface area contributed by atoms with Crippen LogP contribution in [0.4, 0.5) is 4.79 Å². The average Bonchev–Trinajstić information content (AvgIpc) is 2.61. The minimum atomic E-state index is -0.854. The molecule has 31 heavy (non-hydrogen) atoms. The van der Waals surface area contributed by atoms with E-state index in [0.717, 1.165) is 29.5 Å². The molecular weight excluding hydrogens is 394 g/mol. The number of likely N-dealkylation sites (N-methyl/N-ethyl adjacent to an activating group) is 1. The first-order valence-electron chi connectivity index (χ1n) is 10.9. The molecule has 3 atom stereocenters. The van der Waals surface area contributed by atoms with Gasteiger partial charge in [-0.25, -0.2) is 4.79 Å². The Hall–Kier alpha value is -2.57. The zero-order chi connectivity index (χ0) is 23.9.